The molecule has 2 aromatic carbocycles. The van der Waals surface area contributed by atoms with Gasteiger partial charge < -0.3 is 5.32 Å². The van der Waals surface area contributed by atoms with Gasteiger partial charge in [-0.1, -0.05) is 28.1 Å². The van der Waals surface area contributed by atoms with Crippen molar-refractivity contribution in [2.24, 2.45) is 0 Å². The molecule has 1 nitrogen and oxygen atoms in total. The Morgan fingerprint density at radius 1 is 1.06 bits per heavy atom. The monoisotopic (exact) mass is 465 g/mol. The molecule has 0 atom stereocenters. The van der Waals surface area contributed by atoms with Crippen LogP contribution in [0.5, 0.6) is 0 Å². The second kappa shape index (κ2) is 6.20. The molecule has 0 saturated heterocycles. The van der Waals surface area contributed by atoms with Gasteiger partial charge in [-0.3, -0.25) is 0 Å². The molecular weight excluding hydrogens is 457 g/mol. The molecule has 17 heavy (non-hydrogen) atoms. The van der Waals surface area contributed by atoms with Gasteiger partial charge in [-0.25, -0.2) is 0 Å². The molecule has 0 radical (unpaired) electrons. The van der Waals surface area contributed by atoms with Crippen molar-refractivity contribution in [2.75, 3.05) is 5.32 Å². The van der Waals surface area contributed by atoms with Gasteiger partial charge in [0.15, 0.2) is 0 Å². The first-order valence-electron chi connectivity index (χ1n) is 5.08. The SMILES string of the molecule is Brc1cccc(CNc2ccc(I)c(Br)c2)c1. The normalized spacial score (nSPS) is 10.3. The average molecular weight is 467 g/mol. The third-order valence-electron chi connectivity index (χ3n) is 2.31. The topological polar surface area (TPSA) is 12.0 Å². The van der Waals surface area contributed by atoms with Gasteiger partial charge >= 0.3 is 0 Å². The lowest BCUT2D eigenvalue weighted by Gasteiger charge is -2.08. The van der Waals surface area contributed by atoms with E-state index in [-0.39, 0.29) is 0 Å². The highest BCUT2D eigenvalue weighted by Gasteiger charge is 1.99. The van der Waals surface area contributed by atoms with Gasteiger partial charge in [-0.15, -0.1) is 0 Å². The van der Waals surface area contributed by atoms with E-state index in [1.165, 1.54) is 9.13 Å². The molecule has 0 aliphatic carbocycles. The number of hydrogen-bond donors (Lipinski definition) is 1. The number of nitrogens with one attached hydrogen (secondary N) is 1. The van der Waals surface area contributed by atoms with E-state index in [9.17, 15) is 0 Å². The Hall–Kier alpha value is -0.0700. The Kier molecular flexibility index (Phi) is 4.87. The molecule has 0 aromatic heterocycles. The summed E-state index contributed by atoms with van der Waals surface area (Å²) >= 11 is 9.31. The Balaban J connectivity index is 2.05. The summed E-state index contributed by atoms with van der Waals surface area (Å²) in [4.78, 5) is 0. The van der Waals surface area contributed by atoms with Crippen molar-refractivity contribution in [3.05, 3.63) is 60.5 Å². The smallest absolute Gasteiger partial charge is 0.0401 e. The first-order valence-corrected chi connectivity index (χ1v) is 7.75. The summed E-state index contributed by atoms with van der Waals surface area (Å²) in [7, 11) is 0. The van der Waals surface area contributed by atoms with E-state index in [1.807, 2.05) is 12.1 Å². The summed E-state index contributed by atoms with van der Waals surface area (Å²) in [5, 5.41) is 3.40. The highest BCUT2D eigenvalue weighted by molar-refractivity contribution is 14.1. The van der Waals surface area contributed by atoms with Gasteiger partial charge in [-0.05, 0) is 74.4 Å². The van der Waals surface area contributed by atoms with Crippen molar-refractivity contribution in [3.8, 4) is 0 Å². The zero-order chi connectivity index (χ0) is 12.3. The van der Waals surface area contributed by atoms with Crippen LogP contribution in [-0.4, -0.2) is 0 Å². The van der Waals surface area contributed by atoms with Crippen LogP contribution < -0.4 is 5.32 Å². The number of rotatable bonds is 3. The third-order valence-corrected chi connectivity index (χ3v) is 5.14. The number of benzene rings is 2. The van der Waals surface area contributed by atoms with E-state index in [1.54, 1.807) is 0 Å². The minimum atomic E-state index is 0.826. The lowest BCUT2D eigenvalue weighted by molar-refractivity contribution is 1.14. The van der Waals surface area contributed by atoms with Crippen LogP contribution in [0.15, 0.2) is 51.4 Å². The summed E-state index contributed by atoms with van der Waals surface area (Å²) in [6.07, 6.45) is 0. The molecular formula is C13H10Br2IN. The molecule has 0 saturated carbocycles. The lowest BCUT2D eigenvalue weighted by atomic mass is 10.2. The number of anilines is 1. The molecule has 0 bridgehead atoms. The van der Waals surface area contributed by atoms with Crippen LogP contribution in [-0.2, 0) is 6.54 Å². The molecule has 0 heterocycles. The van der Waals surface area contributed by atoms with Crippen LogP contribution in [0.4, 0.5) is 5.69 Å². The molecule has 1 N–H and O–H groups in total. The standard InChI is InChI=1S/C13H10Br2IN/c14-10-3-1-2-9(6-10)8-17-11-4-5-13(16)12(15)7-11/h1-7,17H,8H2. The van der Waals surface area contributed by atoms with Gasteiger partial charge in [0, 0.05) is 24.7 Å². The maximum Gasteiger partial charge on any atom is 0.0401 e. The largest absolute Gasteiger partial charge is 0.381 e. The van der Waals surface area contributed by atoms with Gasteiger partial charge in [0.05, 0.1) is 0 Å². The molecule has 0 amide bonds. The zero-order valence-corrected chi connectivity index (χ0v) is 14.2. The molecule has 4 heteroatoms. The van der Waals surface area contributed by atoms with Crippen LogP contribution in [0.25, 0.3) is 0 Å². The van der Waals surface area contributed by atoms with Crippen molar-refractivity contribution >= 4 is 60.1 Å². The highest BCUT2D eigenvalue weighted by Crippen LogP contribution is 2.23. The maximum absolute atomic E-state index is 3.53. The van der Waals surface area contributed by atoms with Crippen molar-refractivity contribution in [1.29, 1.82) is 0 Å². The van der Waals surface area contributed by atoms with Crippen molar-refractivity contribution in [2.45, 2.75) is 6.54 Å². The lowest BCUT2D eigenvalue weighted by Crippen LogP contribution is -1.99. The van der Waals surface area contributed by atoms with Gasteiger partial charge in [0.1, 0.15) is 0 Å². The molecule has 88 valence electrons. The Morgan fingerprint density at radius 2 is 1.88 bits per heavy atom. The first-order chi connectivity index (χ1) is 8.15. The van der Waals surface area contributed by atoms with Crippen LogP contribution in [0.3, 0.4) is 0 Å². The predicted molar refractivity (Wildman–Crippen MR) is 88.3 cm³/mol. The fraction of sp³-hybridized carbons (Fsp3) is 0.0769. The van der Waals surface area contributed by atoms with Crippen LogP contribution in [0.1, 0.15) is 5.56 Å². The average Bonchev–Trinajstić information content (AvgIpc) is 2.31. The van der Waals surface area contributed by atoms with Crippen molar-refractivity contribution < 1.29 is 0 Å². The molecule has 0 fully saturated rings. The summed E-state index contributed by atoms with van der Waals surface area (Å²) in [5.41, 5.74) is 2.38. The van der Waals surface area contributed by atoms with Gasteiger partial charge in [-0.2, -0.15) is 0 Å². The van der Waals surface area contributed by atoms with E-state index in [4.69, 9.17) is 0 Å². The quantitative estimate of drug-likeness (QED) is 0.595. The fourth-order valence-electron chi connectivity index (χ4n) is 1.46. The molecule has 0 aliphatic rings. The zero-order valence-electron chi connectivity index (χ0n) is 8.88. The molecule has 0 spiro atoms. The molecule has 0 aliphatic heterocycles. The van der Waals surface area contributed by atoms with E-state index in [0.717, 1.165) is 21.2 Å². The van der Waals surface area contributed by atoms with E-state index >= 15 is 0 Å². The Bertz CT molecular complexity index is 529. The summed E-state index contributed by atoms with van der Waals surface area (Å²) in [6.45, 7) is 0.826. The second-order valence-corrected chi connectivity index (χ2v) is 6.54. The third kappa shape index (κ3) is 3.96. The fourth-order valence-corrected chi connectivity index (χ4v) is 2.62. The Morgan fingerprint density at radius 3 is 2.59 bits per heavy atom. The predicted octanol–water partition coefficient (Wildman–Crippen LogP) is 5.43. The van der Waals surface area contributed by atoms with E-state index in [0.29, 0.717) is 0 Å². The molecule has 0 unspecified atom stereocenters. The minimum Gasteiger partial charge on any atom is -0.381 e. The van der Waals surface area contributed by atoms with E-state index < -0.39 is 0 Å². The second-order valence-electron chi connectivity index (χ2n) is 3.61. The molecule has 2 aromatic rings. The van der Waals surface area contributed by atoms with Gasteiger partial charge in [0.2, 0.25) is 0 Å². The van der Waals surface area contributed by atoms with Crippen LogP contribution in [0, 0.1) is 3.57 Å². The minimum absolute atomic E-state index is 0.826. The number of halogens is 3. The van der Waals surface area contributed by atoms with Gasteiger partial charge in [0.25, 0.3) is 0 Å². The van der Waals surface area contributed by atoms with Crippen molar-refractivity contribution in [1.82, 2.24) is 0 Å². The van der Waals surface area contributed by atoms with E-state index in [2.05, 4.69) is 90.1 Å². The summed E-state index contributed by atoms with van der Waals surface area (Å²) < 4.78 is 3.45. The summed E-state index contributed by atoms with van der Waals surface area (Å²) in [6, 6.07) is 14.6. The van der Waals surface area contributed by atoms with Crippen molar-refractivity contribution in [3.63, 3.8) is 0 Å². The van der Waals surface area contributed by atoms with Crippen LogP contribution >= 0.6 is 54.5 Å². The molecule has 2 rings (SSSR count). The Labute approximate surface area is 131 Å². The summed E-state index contributed by atoms with van der Waals surface area (Å²) in [5.74, 6) is 0. The highest BCUT2D eigenvalue weighted by atomic mass is 127. The maximum atomic E-state index is 3.53. The first kappa shape index (κ1) is 13.4. The number of hydrogen-bond acceptors (Lipinski definition) is 1. The van der Waals surface area contributed by atoms with Crippen LogP contribution in [0.2, 0.25) is 0 Å².